The molecular weight excluding hydrogens is 372 g/mol. The molecule has 102 valence electrons. The Kier molecular flexibility index (Phi) is 4.41. The van der Waals surface area contributed by atoms with E-state index in [9.17, 15) is 0 Å². The van der Waals surface area contributed by atoms with E-state index in [1.165, 1.54) is 11.1 Å². The Labute approximate surface area is 130 Å². The second-order valence-corrected chi connectivity index (χ2v) is 6.27. The van der Waals surface area contributed by atoms with Gasteiger partial charge >= 0.3 is 0 Å². The number of hydrogen-bond donors (Lipinski definition) is 0. The van der Waals surface area contributed by atoms with Crippen LogP contribution in [-0.2, 0) is 0 Å². The Balaban J connectivity index is 2.47. The Morgan fingerprint density at radius 1 is 1.16 bits per heavy atom. The van der Waals surface area contributed by atoms with Crippen molar-refractivity contribution in [3.05, 3.63) is 50.9 Å². The van der Waals surface area contributed by atoms with E-state index in [4.69, 9.17) is 9.15 Å². The summed E-state index contributed by atoms with van der Waals surface area (Å²) in [6.45, 7) is 6.09. The first-order valence-electron chi connectivity index (χ1n) is 5.99. The predicted molar refractivity (Wildman–Crippen MR) is 84.4 cm³/mol. The number of aryl methyl sites for hydroxylation is 2. The predicted octanol–water partition coefficient (Wildman–Crippen LogP) is 5.46. The zero-order valence-corrected chi connectivity index (χ0v) is 14.6. The molecule has 19 heavy (non-hydrogen) atoms. The Hall–Kier alpha value is -0.740. The number of ether oxygens (including phenoxy) is 1. The van der Waals surface area contributed by atoms with Gasteiger partial charge in [-0.2, -0.15) is 0 Å². The molecule has 0 aliphatic rings. The average Bonchev–Trinajstić information content (AvgIpc) is 2.62. The summed E-state index contributed by atoms with van der Waals surface area (Å²) in [7, 11) is 1.67. The maximum Gasteiger partial charge on any atom is 0.120 e. The summed E-state index contributed by atoms with van der Waals surface area (Å²) in [4.78, 5) is 0.102. The molecule has 0 fully saturated rings. The number of rotatable bonds is 3. The van der Waals surface area contributed by atoms with Gasteiger partial charge in [0, 0.05) is 10.0 Å². The lowest BCUT2D eigenvalue weighted by Crippen LogP contribution is -1.97. The molecule has 0 aliphatic heterocycles. The van der Waals surface area contributed by atoms with Gasteiger partial charge in [-0.15, -0.1) is 0 Å². The van der Waals surface area contributed by atoms with E-state index in [2.05, 4.69) is 44.8 Å². The summed E-state index contributed by atoms with van der Waals surface area (Å²) in [5.41, 5.74) is 3.55. The topological polar surface area (TPSA) is 22.4 Å². The molecule has 0 radical (unpaired) electrons. The van der Waals surface area contributed by atoms with E-state index in [0.717, 1.165) is 27.3 Å². The molecule has 0 bridgehead atoms. The summed E-state index contributed by atoms with van der Waals surface area (Å²) in [6.07, 6.45) is 0. The molecule has 1 heterocycles. The fourth-order valence-electron chi connectivity index (χ4n) is 2.18. The normalized spacial score (nSPS) is 12.5. The molecule has 0 amide bonds. The van der Waals surface area contributed by atoms with Crippen molar-refractivity contribution in [2.75, 3.05) is 7.11 Å². The minimum Gasteiger partial charge on any atom is -0.497 e. The van der Waals surface area contributed by atoms with Crippen LogP contribution in [0.1, 0.15) is 33.0 Å². The van der Waals surface area contributed by atoms with E-state index in [1.54, 1.807) is 7.11 Å². The first-order valence-corrected chi connectivity index (χ1v) is 7.70. The molecule has 2 nitrogen and oxygen atoms in total. The largest absolute Gasteiger partial charge is 0.497 e. The number of hydrogen-bond acceptors (Lipinski definition) is 2. The molecule has 1 atom stereocenters. The van der Waals surface area contributed by atoms with Crippen LogP contribution in [0.4, 0.5) is 0 Å². The minimum atomic E-state index is 0.102. The molecule has 1 unspecified atom stereocenters. The van der Waals surface area contributed by atoms with Crippen molar-refractivity contribution in [1.29, 1.82) is 0 Å². The molecule has 0 spiro atoms. The van der Waals surface area contributed by atoms with E-state index >= 15 is 0 Å². The van der Waals surface area contributed by atoms with Gasteiger partial charge in [0.05, 0.1) is 11.9 Å². The van der Waals surface area contributed by atoms with Crippen molar-refractivity contribution in [2.24, 2.45) is 0 Å². The van der Waals surface area contributed by atoms with Crippen molar-refractivity contribution in [2.45, 2.75) is 25.6 Å². The van der Waals surface area contributed by atoms with Gasteiger partial charge in [0.1, 0.15) is 17.3 Å². The molecule has 0 aliphatic carbocycles. The Morgan fingerprint density at radius 2 is 1.84 bits per heavy atom. The number of methoxy groups -OCH3 is 1. The summed E-state index contributed by atoms with van der Waals surface area (Å²) in [5, 5.41) is 0. The summed E-state index contributed by atoms with van der Waals surface area (Å²) < 4.78 is 11.9. The molecule has 4 heteroatoms. The third-order valence-corrected chi connectivity index (χ3v) is 4.99. The summed E-state index contributed by atoms with van der Waals surface area (Å²) in [5.74, 6) is 2.77. The van der Waals surface area contributed by atoms with Gasteiger partial charge in [-0.05, 0) is 44.0 Å². The number of alkyl halides is 1. The standard InChI is InChI=1S/C15H16Br2O2/c1-8-9(2)19-10(3)14(8)15(17)12-6-5-11(18-4)7-13(12)16/h5-7,15H,1-4H3. The highest BCUT2D eigenvalue weighted by Crippen LogP contribution is 2.41. The van der Waals surface area contributed by atoms with Crippen molar-refractivity contribution < 1.29 is 9.15 Å². The molecule has 0 N–H and O–H groups in total. The van der Waals surface area contributed by atoms with Gasteiger partial charge < -0.3 is 9.15 Å². The third kappa shape index (κ3) is 2.75. The molecule has 0 saturated heterocycles. The van der Waals surface area contributed by atoms with Crippen LogP contribution in [0.2, 0.25) is 0 Å². The zero-order chi connectivity index (χ0) is 14.2. The van der Waals surface area contributed by atoms with Crippen LogP contribution in [0.5, 0.6) is 5.75 Å². The fourth-order valence-corrected chi connectivity index (χ4v) is 4.14. The number of halogens is 2. The lowest BCUT2D eigenvalue weighted by molar-refractivity contribution is 0.414. The van der Waals surface area contributed by atoms with Crippen LogP contribution >= 0.6 is 31.9 Å². The van der Waals surface area contributed by atoms with Gasteiger partial charge in [0.2, 0.25) is 0 Å². The molecule has 1 aromatic heterocycles. The van der Waals surface area contributed by atoms with E-state index in [-0.39, 0.29) is 4.83 Å². The monoisotopic (exact) mass is 386 g/mol. The highest BCUT2D eigenvalue weighted by atomic mass is 79.9. The molecule has 2 aromatic rings. The zero-order valence-electron chi connectivity index (χ0n) is 11.4. The third-order valence-electron chi connectivity index (χ3n) is 3.35. The van der Waals surface area contributed by atoms with Crippen LogP contribution in [0.25, 0.3) is 0 Å². The van der Waals surface area contributed by atoms with Gasteiger partial charge in [-0.1, -0.05) is 37.9 Å². The van der Waals surface area contributed by atoms with Crippen molar-refractivity contribution in [3.63, 3.8) is 0 Å². The van der Waals surface area contributed by atoms with E-state index < -0.39 is 0 Å². The fraction of sp³-hybridized carbons (Fsp3) is 0.333. The Bertz CT molecular complexity index is 602. The van der Waals surface area contributed by atoms with Crippen molar-refractivity contribution in [3.8, 4) is 5.75 Å². The lowest BCUT2D eigenvalue weighted by Gasteiger charge is -2.14. The average molecular weight is 388 g/mol. The van der Waals surface area contributed by atoms with E-state index in [0.29, 0.717) is 0 Å². The second kappa shape index (κ2) is 5.71. The highest BCUT2D eigenvalue weighted by molar-refractivity contribution is 9.11. The molecule has 2 rings (SSSR count). The lowest BCUT2D eigenvalue weighted by atomic mass is 10.0. The maximum atomic E-state index is 5.70. The van der Waals surface area contributed by atoms with Crippen LogP contribution in [0.15, 0.2) is 27.1 Å². The first kappa shape index (κ1) is 14.7. The molecule has 1 aromatic carbocycles. The molecule has 0 saturated carbocycles. The van der Waals surface area contributed by atoms with Crippen molar-refractivity contribution >= 4 is 31.9 Å². The van der Waals surface area contributed by atoms with Crippen LogP contribution in [-0.4, -0.2) is 7.11 Å². The SMILES string of the molecule is COc1ccc(C(Br)c2c(C)oc(C)c2C)c(Br)c1. The highest BCUT2D eigenvalue weighted by Gasteiger charge is 2.22. The van der Waals surface area contributed by atoms with E-state index in [1.807, 2.05) is 26.0 Å². The maximum absolute atomic E-state index is 5.70. The van der Waals surface area contributed by atoms with Gasteiger partial charge in [0.15, 0.2) is 0 Å². The van der Waals surface area contributed by atoms with Gasteiger partial charge in [-0.25, -0.2) is 0 Å². The van der Waals surface area contributed by atoms with Crippen LogP contribution in [0.3, 0.4) is 0 Å². The first-order chi connectivity index (χ1) is 8.95. The quantitative estimate of drug-likeness (QED) is 0.652. The van der Waals surface area contributed by atoms with Crippen LogP contribution in [0, 0.1) is 20.8 Å². The van der Waals surface area contributed by atoms with Crippen molar-refractivity contribution in [1.82, 2.24) is 0 Å². The number of furan rings is 1. The minimum absolute atomic E-state index is 0.102. The summed E-state index contributed by atoms with van der Waals surface area (Å²) >= 11 is 7.38. The van der Waals surface area contributed by atoms with Gasteiger partial charge in [0.25, 0.3) is 0 Å². The van der Waals surface area contributed by atoms with Crippen LogP contribution < -0.4 is 4.74 Å². The summed E-state index contributed by atoms with van der Waals surface area (Å²) in [6, 6.07) is 6.00. The Morgan fingerprint density at radius 3 is 2.32 bits per heavy atom. The van der Waals surface area contributed by atoms with Gasteiger partial charge in [-0.3, -0.25) is 0 Å². The smallest absolute Gasteiger partial charge is 0.120 e. The number of benzene rings is 1. The second-order valence-electron chi connectivity index (χ2n) is 4.50. The molecular formula is C15H16Br2O2.